The third-order valence-electron chi connectivity index (χ3n) is 5.98. The Morgan fingerprint density at radius 1 is 1.23 bits per heavy atom. The second-order valence-corrected chi connectivity index (χ2v) is 8.51. The van der Waals surface area contributed by atoms with Crippen molar-refractivity contribution >= 4 is 11.9 Å². The van der Waals surface area contributed by atoms with Gasteiger partial charge in [-0.15, -0.1) is 0 Å². The molecule has 8 nitrogen and oxygen atoms in total. The first-order chi connectivity index (χ1) is 16.8. The number of halogens is 2. The van der Waals surface area contributed by atoms with Crippen molar-refractivity contribution in [1.82, 2.24) is 14.5 Å². The molecule has 0 amide bonds. The Bertz CT molecular complexity index is 1320. The van der Waals surface area contributed by atoms with Crippen LogP contribution in [0.4, 0.5) is 8.78 Å². The molecule has 0 bridgehead atoms. The Morgan fingerprint density at radius 2 is 2.00 bits per heavy atom. The molecular weight excluding hydrogens is 458 g/mol. The number of amidine groups is 1. The second-order valence-electron chi connectivity index (χ2n) is 8.51. The second kappa shape index (κ2) is 8.70. The van der Waals surface area contributed by atoms with Crippen LogP contribution in [0.2, 0.25) is 0 Å². The summed E-state index contributed by atoms with van der Waals surface area (Å²) >= 11 is 0. The highest BCUT2D eigenvalue weighted by Crippen LogP contribution is 2.40. The van der Waals surface area contributed by atoms with Crippen LogP contribution in [0.25, 0.3) is 11.8 Å². The van der Waals surface area contributed by atoms with Gasteiger partial charge >= 0.3 is 0 Å². The number of hydrogen-bond acceptors (Lipinski definition) is 7. The number of hydrogen-bond donors (Lipinski definition) is 1. The summed E-state index contributed by atoms with van der Waals surface area (Å²) in [6.45, 7) is 3.47. The number of aliphatic hydroxyl groups is 1. The highest BCUT2D eigenvalue weighted by Gasteiger charge is 2.51. The molecule has 1 N–H and O–H groups in total. The van der Waals surface area contributed by atoms with Crippen LogP contribution in [0.5, 0.6) is 5.75 Å². The fourth-order valence-electron chi connectivity index (χ4n) is 4.36. The number of aryl methyl sites for hydroxylation is 1. The minimum Gasteiger partial charge on any atom is -0.495 e. The van der Waals surface area contributed by atoms with Crippen LogP contribution in [0.15, 0.2) is 59.8 Å². The number of oxime groups is 1. The molecule has 0 saturated carbocycles. The van der Waals surface area contributed by atoms with Gasteiger partial charge in [-0.3, -0.25) is 0 Å². The molecule has 2 atom stereocenters. The molecule has 5 rings (SSSR count). The van der Waals surface area contributed by atoms with Gasteiger partial charge in [-0.05, 0) is 49.8 Å². The molecule has 1 fully saturated rings. The van der Waals surface area contributed by atoms with Crippen LogP contribution < -0.4 is 4.74 Å². The zero-order chi connectivity index (χ0) is 24.7. The minimum absolute atomic E-state index is 0.117. The fraction of sp³-hybridized carbons (Fsp3) is 0.280. The van der Waals surface area contributed by atoms with E-state index in [1.54, 1.807) is 24.4 Å². The van der Waals surface area contributed by atoms with E-state index in [0.29, 0.717) is 17.3 Å². The number of ether oxygens (including phenoxy) is 2. The molecule has 10 heteroatoms. The maximum absolute atomic E-state index is 14.0. The fourth-order valence-corrected chi connectivity index (χ4v) is 4.36. The summed E-state index contributed by atoms with van der Waals surface area (Å²) in [7, 11) is 1.59. The standard InChI is InChI=1S/C25H24F2N4O4/c1-15-11-30(14-28-15)21-5-4-17(6-22(21)33-3)7-23-24-29-35-25(13-32,31(24)12-16(2)34-23)18-8-19(26)10-20(27)9-18/h4-11,14,16,32H,12-13H2,1-3H3. The summed E-state index contributed by atoms with van der Waals surface area (Å²) in [5.41, 5.74) is 1.02. The monoisotopic (exact) mass is 482 g/mol. The molecule has 3 heterocycles. The third-order valence-corrected chi connectivity index (χ3v) is 5.98. The molecule has 0 radical (unpaired) electrons. The van der Waals surface area contributed by atoms with E-state index in [1.165, 1.54) is 0 Å². The first-order valence-corrected chi connectivity index (χ1v) is 11.0. The first kappa shape index (κ1) is 22.9. The Balaban J connectivity index is 1.51. The maximum atomic E-state index is 14.0. The molecule has 0 spiro atoms. The number of rotatable bonds is 5. The summed E-state index contributed by atoms with van der Waals surface area (Å²) in [5.74, 6) is -0.217. The van der Waals surface area contributed by atoms with E-state index in [-0.39, 0.29) is 18.2 Å². The van der Waals surface area contributed by atoms with Gasteiger partial charge in [-0.1, -0.05) is 11.2 Å². The van der Waals surface area contributed by atoms with Crippen molar-refractivity contribution in [1.29, 1.82) is 0 Å². The van der Waals surface area contributed by atoms with Gasteiger partial charge in [0, 0.05) is 17.8 Å². The topological polar surface area (TPSA) is 81.3 Å². The lowest BCUT2D eigenvalue weighted by molar-refractivity contribution is -0.146. The Labute approximate surface area is 200 Å². The summed E-state index contributed by atoms with van der Waals surface area (Å²) in [6, 6.07) is 8.66. The predicted molar refractivity (Wildman–Crippen MR) is 124 cm³/mol. The Hall–Kier alpha value is -3.92. The molecule has 2 unspecified atom stereocenters. The quantitative estimate of drug-likeness (QED) is 0.597. The molecule has 2 aliphatic rings. The van der Waals surface area contributed by atoms with E-state index in [2.05, 4.69) is 10.1 Å². The van der Waals surface area contributed by atoms with Gasteiger partial charge in [0.05, 0.1) is 31.4 Å². The van der Waals surface area contributed by atoms with E-state index in [4.69, 9.17) is 14.3 Å². The van der Waals surface area contributed by atoms with Crippen LogP contribution in [-0.2, 0) is 15.3 Å². The van der Waals surface area contributed by atoms with Gasteiger partial charge < -0.3 is 28.9 Å². The normalized spacial score (nSPS) is 22.5. The summed E-state index contributed by atoms with van der Waals surface area (Å²) in [4.78, 5) is 11.6. The van der Waals surface area contributed by atoms with Gasteiger partial charge in [0.2, 0.25) is 5.84 Å². The van der Waals surface area contributed by atoms with Crippen LogP contribution in [-0.4, -0.2) is 51.8 Å². The Kier molecular flexibility index (Phi) is 5.68. The number of morpholine rings is 1. The molecule has 0 aliphatic carbocycles. The zero-order valence-corrected chi connectivity index (χ0v) is 19.4. The number of benzene rings is 2. The number of fused-ring (bicyclic) bond motifs is 1. The number of nitrogens with zero attached hydrogens (tertiary/aromatic N) is 4. The first-order valence-electron chi connectivity index (χ1n) is 11.0. The van der Waals surface area contributed by atoms with Crippen molar-refractivity contribution in [2.75, 3.05) is 20.3 Å². The maximum Gasteiger partial charge on any atom is 0.260 e. The van der Waals surface area contributed by atoms with Crippen molar-refractivity contribution in [3.8, 4) is 11.4 Å². The van der Waals surface area contributed by atoms with Gasteiger partial charge in [-0.2, -0.15) is 0 Å². The molecule has 3 aromatic rings. The van der Waals surface area contributed by atoms with Crippen LogP contribution in [0.1, 0.15) is 23.7 Å². The van der Waals surface area contributed by atoms with E-state index in [9.17, 15) is 13.9 Å². The predicted octanol–water partition coefficient (Wildman–Crippen LogP) is 3.72. The lowest BCUT2D eigenvalue weighted by atomic mass is 9.99. The van der Waals surface area contributed by atoms with E-state index < -0.39 is 24.0 Å². The summed E-state index contributed by atoms with van der Waals surface area (Å²) in [5, 5.41) is 14.4. The van der Waals surface area contributed by atoms with Crippen LogP contribution in [0.3, 0.4) is 0 Å². The van der Waals surface area contributed by atoms with Gasteiger partial charge in [0.15, 0.2) is 5.76 Å². The number of aromatic nitrogens is 2. The smallest absolute Gasteiger partial charge is 0.260 e. The van der Waals surface area contributed by atoms with Crippen molar-refractivity contribution in [3.05, 3.63) is 83.1 Å². The van der Waals surface area contributed by atoms with E-state index >= 15 is 0 Å². The summed E-state index contributed by atoms with van der Waals surface area (Å²) < 4.78 is 41.5. The molecule has 182 valence electrons. The minimum atomic E-state index is -1.57. The molecule has 35 heavy (non-hydrogen) atoms. The molecular formula is C25H24F2N4O4. The van der Waals surface area contributed by atoms with Crippen molar-refractivity contribution < 1.29 is 28.2 Å². The molecule has 2 aromatic carbocycles. The highest BCUT2D eigenvalue weighted by molar-refractivity contribution is 6.01. The Morgan fingerprint density at radius 3 is 2.66 bits per heavy atom. The SMILES string of the molecule is COc1cc(C=C2OC(C)CN3C2=NOC3(CO)c2cc(F)cc(F)c2)ccc1-n1cnc(C)c1. The van der Waals surface area contributed by atoms with Crippen molar-refractivity contribution in [2.45, 2.75) is 25.7 Å². The van der Waals surface area contributed by atoms with Crippen LogP contribution in [0, 0.1) is 18.6 Å². The van der Waals surface area contributed by atoms with Crippen molar-refractivity contribution in [3.63, 3.8) is 0 Å². The van der Waals surface area contributed by atoms with Crippen LogP contribution >= 0.6 is 0 Å². The number of methoxy groups -OCH3 is 1. The zero-order valence-electron chi connectivity index (χ0n) is 19.4. The largest absolute Gasteiger partial charge is 0.495 e. The van der Waals surface area contributed by atoms with E-state index in [1.807, 2.05) is 42.8 Å². The van der Waals surface area contributed by atoms with Gasteiger partial charge in [0.1, 0.15) is 30.1 Å². The molecule has 2 aliphatic heterocycles. The number of aliphatic hydroxyl groups excluding tert-OH is 1. The number of imidazole rings is 1. The lowest BCUT2D eigenvalue weighted by Crippen LogP contribution is -2.54. The average Bonchev–Trinajstić information content (AvgIpc) is 3.42. The third kappa shape index (κ3) is 3.99. The summed E-state index contributed by atoms with van der Waals surface area (Å²) in [6.07, 6.45) is 5.06. The average molecular weight is 482 g/mol. The van der Waals surface area contributed by atoms with Gasteiger partial charge in [-0.25, -0.2) is 13.8 Å². The lowest BCUT2D eigenvalue weighted by Gasteiger charge is -2.40. The highest BCUT2D eigenvalue weighted by atomic mass is 19.1. The van der Waals surface area contributed by atoms with Gasteiger partial charge in [0.25, 0.3) is 5.72 Å². The van der Waals surface area contributed by atoms with Crippen molar-refractivity contribution in [2.24, 2.45) is 5.16 Å². The molecule has 1 aromatic heterocycles. The molecule has 1 saturated heterocycles. The van der Waals surface area contributed by atoms with E-state index in [0.717, 1.165) is 35.1 Å².